The molecule has 0 radical (unpaired) electrons. The topological polar surface area (TPSA) is 286 Å². The molecular weight excluding hydrogens is 1430 g/mol. The first-order chi connectivity index (χ1) is 54.0. The average molecular weight is 1520 g/mol. The fraction of sp³-hybridized carbons (Fsp3) is 0.317. The quantitative estimate of drug-likeness (QED) is 0.115. The Hall–Kier alpha value is -12.4. The first-order valence-corrected chi connectivity index (χ1v) is 37.2. The van der Waals surface area contributed by atoms with Crippen LogP contribution in [0.5, 0.6) is 11.8 Å². The molecule has 2 aromatic carbocycles. The van der Waals surface area contributed by atoms with Gasteiger partial charge in [-0.2, -0.15) is 0 Å². The second-order valence-corrected chi connectivity index (χ2v) is 29.0. The van der Waals surface area contributed by atoms with Gasteiger partial charge in [-0.1, -0.05) is 12.1 Å². The van der Waals surface area contributed by atoms with Gasteiger partial charge in [-0.3, -0.25) is 36.8 Å². The van der Waals surface area contributed by atoms with E-state index in [0.717, 1.165) is 117 Å². The molecule has 112 heavy (non-hydrogen) atoms. The first kappa shape index (κ1) is 75.1. The zero-order valence-electron chi connectivity index (χ0n) is 63.8. The van der Waals surface area contributed by atoms with E-state index in [1.54, 1.807) is 33.2 Å². The summed E-state index contributed by atoms with van der Waals surface area (Å²) in [5.74, 6) is -0.140. The van der Waals surface area contributed by atoms with Gasteiger partial charge in [0.2, 0.25) is 11.8 Å². The molecule has 18 rings (SSSR count). The number of fused-ring (bicyclic) bond motifs is 6. The van der Waals surface area contributed by atoms with Crippen molar-refractivity contribution in [2.45, 2.75) is 78.7 Å². The molecule has 4 aliphatic heterocycles. The van der Waals surface area contributed by atoms with Crippen LogP contribution in [-0.4, -0.2) is 186 Å². The van der Waals surface area contributed by atoms with Crippen molar-refractivity contribution in [3.63, 3.8) is 0 Å². The van der Waals surface area contributed by atoms with Crippen LogP contribution in [0.25, 0.3) is 89.8 Å². The zero-order valence-corrected chi connectivity index (χ0v) is 63.8. The highest BCUT2D eigenvalue weighted by atomic mass is 19.1. The molecule has 0 unspecified atom stereocenters. The van der Waals surface area contributed by atoms with E-state index in [4.69, 9.17) is 28.3 Å². The van der Waals surface area contributed by atoms with E-state index in [1.807, 2.05) is 111 Å². The van der Waals surface area contributed by atoms with Crippen molar-refractivity contribution >= 4 is 67.5 Å². The zero-order chi connectivity index (χ0) is 78.2. The highest BCUT2D eigenvalue weighted by molar-refractivity contribution is 5.81. The maximum Gasteiger partial charge on any atom is 0.258 e. The largest absolute Gasteiger partial charge is 0.479 e. The van der Waals surface area contributed by atoms with Crippen LogP contribution >= 0.6 is 0 Å². The van der Waals surface area contributed by atoms with Crippen LogP contribution in [0.4, 0.5) is 31.5 Å². The van der Waals surface area contributed by atoms with E-state index in [0.29, 0.717) is 110 Å². The molecule has 14 aromatic rings. The van der Waals surface area contributed by atoms with Gasteiger partial charge in [0.05, 0.1) is 59.7 Å². The molecular formula is C82H86F2N20O8. The number of oxazole rings is 2. The minimum atomic E-state index is -0.598. The van der Waals surface area contributed by atoms with Gasteiger partial charge < -0.3 is 58.8 Å². The first-order valence-electron chi connectivity index (χ1n) is 37.2. The third-order valence-corrected chi connectivity index (χ3v) is 20.2. The van der Waals surface area contributed by atoms with Gasteiger partial charge in [0.15, 0.2) is 34.6 Å². The summed E-state index contributed by atoms with van der Waals surface area (Å²) < 4.78 is 55.0. The number of aromatic nitrogens is 12. The average Bonchev–Trinajstić information content (AvgIpc) is 0.958. The number of nitrogens with zero attached hydrogens (tertiary/aromatic N) is 17. The van der Waals surface area contributed by atoms with Gasteiger partial charge >= 0.3 is 0 Å². The number of likely N-dealkylation sites (N-methyl/N-ethyl adjacent to an activating group) is 1. The van der Waals surface area contributed by atoms with Crippen molar-refractivity contribution in [2.75, 3.05) is 113 Å². The van der Waals surface area contributed by atoms with Gasteiger partial charge in [0.1, 0.15) is 33.6 Å². The number of hydrogen-bond donors (Lipinski definition) is 3. The fourth-order valence-electron chi connectivity index (χ4n) is 14.8. The number of halogens is 2. The summed E-state index contributed by atoms with van der Waals surface area (Å²) in [6, 6.07) is 37.2. The third-order valence-electron chi connectivity index (χ3n) is 20.2. The summed E-state index contributed by atoms with van der Waals surface area (Å²) in [6.07, 6.45) is 10.3. The molecule has 30 heteroatoms. The molecule has 4 saturated heterocycles. The lowest BCUT2D eigenvalue weighted by Crippen LogP contribution is -2.54. The number of ether oxygens (including phenoxy) is 2. The number of pyridine rings is 6. The number of methoxy groups -OCH3 is 2. The maximum atomic E-state index is 14.0. The van der Waals surface area contributed by atoms with E-state index in [-0.39, 0.29) is 34.0 Å². The van der Waals surface area contributed by atoms with E-state index < -0.39 is 11.6 Å². The van der Waals surface area contributed by atoms with Gasteiger partial charge in [-0.15, -0.1) is 0 Å². The fourth-order valence-corrected chi connectivity index (χ4v) is 14.8. The second kappa shape index (κ2) is 31.9. The Kier molecular flexibility index (Phi) is 21.4. The predicted molar refractivity (Wildman–Crippen MR) is 429 cm³/mol. The molecule has 0 saturated carbocycles. The molecule has 576 valence electrons. The minimum absolute atomic E-state index is 0.0915. The lowest BCUT2D eigenvalue weighted by molar-refractivity contribution is 0.313. The number of piperazine rings is 4. The Morgan fingerprint density at radius 3 is 1.11 bits per heavy atom. The Labute approximate surface area is 641 Å². The summed E-state index contributed by atoms with van der Waals surface area (Å²) >= 11 is 0. The highest BCUT2D eigenvalue weighted by Gasteiger charge is 2.26. The minimum Gasteiger partial charge on any atom is -0.479 e. The van der Waals surface area contributed by atoms with Gasteiger partial charge in [0.25, 0.3) is 22.2 Å². The van der Waals surface area contributed by atoms with Gasteiger partial charge in [0, 0.05) is 200 Å². The molecule has 0 aliphatic carbocycles. The van der Waals surface area contributed by atoms with E-state index >= 15 is 0 Å². The molecule has 4 aliphatic rings. The molecule has 4 fully saturated rings. The number of rotatable bonds is 10. The highest BCUT2D eigenvalue weighted by Crippen LogP contribution is 2.30. The molecule has 0 amide bonds. The van der Waals surface area contributed by atoms with E-state index in [1.165, 1.54) is 59.7 Å². The summed E-state index contributed by atoms with van der Waals surface area (Å²) in [4.78, 5) is 97.2. The normalized spacial score (nSPS) is 18.2. The number of benzene rings is 2. The Bertz CT molecular complexity index is 6100. The lowest BCUT2D eigenvalue weighted by Gasteiger charge is -2.37. The summed E-state index contributed by atoms with van der Waals surface area (Å²) in [5.41, 5.74) is 13.2. The summed E-state index contributed by atoms with van der Waals surface area (Å²) in [6.45, 7) is 24.6. The molecule has 5 atom stereocenters. The van der Waals surface area contributed by atoms with Gasteiger partial charge in [-0.25, -0.2) is 48.7 Å². The Balaban J connectivity index is 0.000000118. The smallest absolute Gasteiger partial charge is 0.258 e. The van der Waals surface area contributed by atoms with Crippen LogP contribution in [0.3, 0.4) is 0 Å². The van der Waals surface area contributed by atoms with Crippen molar-refractivity contribution < 1.29 is 27.1 Å². The van der Waals surface area contributed by atoms with Crippen molar-refractivity contribution in [3.05, 3.63) is 223 Å². The monoisotopic (exact) mass is 1520 g/mol. The van der Waals surface area contributed by atoms with Crippen LogP contribution in [0.15, 0.2) is 187 Å². The molecule has 12 aromatic heterocycles. The standard InChI is InChI=1S/C22H23N5O2.C21H21N5O2.C20H22FN5O2.C19H20FN5O2/c1-13-10-26(11-14(2)23-13)17-5-7-21-25-19(9-22(28)27(21)12-17)16-4-6-18-20(8-16)29-15(3)24-18;1-14-22-17-5-3-15(11-19(17)28-14)18-12-21(27)26-13-16(4-6-20(26)23-18)25-9-7-24(2)8-10-25;1-12-9-25(10-13(2)23-12)15-4-5-18-24-17(7-19(27)26(18)11-15)14-6-16(21)20(28-3)22-8-14;1-12-10-24(6-5-21-12)14-3-4-17-23-16(8-18(26)25(17)11-14)13-7-15(20)19(27-2)22-9-13/h4-9,12-14,23H,10-11H2,1-3H3;3-6,11-13H,7-10H2,1-2H3;4-8,11-13,23H,9-10H2,1-3H3;3-4,7-9,11-12,21H,5-6,10H2,1-2H3/t13-,14+;;12-,13+;12-/m...0/s1. The number of nitrogens with one attached hydrogen (secondary N) is 3. The molecule has 3 N–H and O–H groups in total. The third kappa shape index (κ3) is 16.4. The number of hydrogen-bond acceptors (Lipinski definition) is 24. The van der Waals surface area contributed by atoms with Crippen molar-refractivity contribution in [2.24, 2.45) is 0 Å². The molecule has 0 bridgehead atoms. The summed E-state index contributed by atoms with van der Waals surface area (Å²) in [7, 11) is 4.83. The van der Waals surface area contributed by atoms with Crippen LogP contribution in [-0.2, 0) is 0 Å². The van der Waals surface area contributed by atoms with Crippen molar-refractivity contribution in [3.8, 4) is 56.8 Å². The maximum absolute atomic E-state index is 14.0. The van der Waals surface area contributed by atoms with Crippen LogP contribution in [0, 0.1) is 25.5 Å². The molecule has 28 nitrogen and oxygen atoms in total. The van der Waals surface area contributed by atoms with Crippen LogP contribution in [0.1, 0.15) is 46.4 Å². The van der Waals surface area contributed by atoms with E-state index in [2.05, 4.69) is 112 Å². The molecule has 0 spiro atoms. The van der Waals surface area contributed by atoms with Gasteiger partial charge in [-0.05, 0) is 127 Å². The second-order valence-electron chi connectivity index (χ2n) is 29.0. The lowest BCUT2D eigenvalue weighted by atomic mass is 10.1. The summed E-state index contributed by atoms with van der Waals surface area (Å²) in [5, 5.41) is 10.4. The SMILES string of the molecule is COc1ncc(-c2cc(=O)n3cc(N4CCN[C@@H](C)C4)ccc3n2)cc1F.COc1ncc(-c2cc(=O)n3cc(N4C[C@@H](C)N[C@@H](C)C4)ccc3n2)cc1F.Cc1nc2ccc(-c3cc(=O)n4cc(N5CCN(C)CC5)ccc4n3)cc2o1.Cc1nc2ccc(-c3cc(=O)n4cc(N5C[C@@H](C)N[C@@H](C)C5)ccc4n3)cc2o1. The van der Waals surface area contributed by atoms with E-state index in [9.17, 15) is 28.0 Å². The van der Waals surface area contributed by atoms with Crippen molar-refractivity contribution in [1.29, 1.82) is 0 Å². The van der Waals surface area contributed by atoms with Crippen LogP contribution < -0.4 is 67.3 Å². The Morgan fingerprint density at radius 2 is 0.750 bits per heavy atom. The predicted octanol–water partition coefficient (Wildman–Crippen LogP) is 9.35. The Morgan fingerprint density at radius 1 is 0.402 bits per heavy atom. The van der Waals surface area contributed by atoms with Crippen LogP contribution in [0.2, 0.25) is 0 Å². The molecule has 16 heterocycles. The number of anilines is 4. The van der Waals surface area contributed by atoms with Crippen molar-refractivity contribution in [1.82, 2.24) is 78.3 Å². The number of aryl methyl sites for hydroxylation is 2.